The van der Waals surface area contributed by atoms with Crippen molar-refractivity contribution < 1.29 is 22.7 Å². The summed E-state index contributed by atoms with van der Waals surface area (Å²) in [5, 5.41) is 0. The third-order valence-corrected chi connectivity index (χ3v) is 5.28. The summed E-state index contributed by atoms with van der Waals surface area (Å²) in [5.74, 6) is -2.23. The number of rotatable bonds is 0. The molecule has 0 N–H and O–H groups in total. The number of cyclic esters (lactones) is 2. The summed E-state index contributed by atoms with van der Waals surface area (Å²) in [6.45, 7) is 0. The normalized spacial score (nSPS) is 48.0. The zero-order valence-corrected chi connectivity index (χ0v) is 7.99. The fraction of sp³-hybridized carbons (Fsp3) is 0.750. The van der Waals surface area contributed by atoms with Gasteiger partial charge in [0.2, 0.25) is 0 Å². The van der Waals surface area contributed by atoms with E-state index in [1.807, 2.05) is 0 Å². The number of carbonyl (C=O) groups is 2. The first-order valence-corrected chi connectivity index (χ1v) is 6.28. The lowest BCUT2D eigenvalue weighted by molar-refractivity contribution is -0.153. The van der Waals surface area contributed by atoms with E-state index in [1.165, 1.54) is 0 Å². The van der Waals surface area contributed by atoms with Crippen LogP contribution in [0.5, 0.6) is 0 Å². The van der Waals surface area contributed by atoms with Crippen molar-refractivity contribution >= 4 is 21.8 Å². The monoisotopic (exact) mass is 216 g/mol. The van der Waals surface area contributed by atoms with Crippen molar-refractivity contribution in [2.75, 3.05) is 11.5 Å². The van der Waals surface area contributed by atoms with Gasteiger partial charge in [-0.3, -0.25) is 9.59 Å². The molecule has 14 heavy (non-hydrogen) atoms. The van der Waals surface area contributed by atoms with Gasteiger partial charge in [-0.15, -0.1) is 0 Å². The summed E-state index contributed by atoms with van der Waals surface area (Å²) in [5.41, 5.74) is 0. The van der Waals surface area contributed by atoms with E-state index in [9.17, 15) is 18.0 Å². The van der Waals surface area contributed by atoms with Crippen molar-refractivity contribution in [2.45, 2.75) is 0 Å². The Labute approximate surface area is 80.3 Å². The molecule has 3 aliphatic rings. The van der Waals surface area contributed by atoms with Crippen molar-refractivity contribution in [3.63, 3.8) is 0 Å². The molecule has 0 radical (unpaired) electrons. The highest BCUT2D eigenvalue weighted by Gasteiger charge is 2.67. The number of ether oxygens (including phenoxy) is 1. The average molecular weight is 216 g/mol. The Bertz CT molecular complexity index is 403. The Hall–Kier alpha value is -0.910. The van der Waals surface area contributed by atoms with Crippen LogP contribution in [0.15, 0.2) is 0 Å². The highest BCUT2D eigenvalue weighted by molar-refractivity contribution is 7.91. The van der Waals surface area contributed by atoms with Gasteiger partial charge in [-0.1, -0.05) is 0 Å². The molecule has 2 heterocycles. The first-order valence-electron chi connectivity index (χ1n) is 4.45. The number of hydrogen-bond donors (Lipinski definition) is 0. The van der Waals surface area contributed by atoms with E-state index >= 15 is 0 Å². The fourth-order valence-corrected chi connectivity index (χ4v) is 5.12. The lowest BCUT2D eigenvalue weighted by atomic mass is 9.59. The van der Waals surface area contributed by atoms with Crippen LogP contribution in [0.2, 0.25) is 0 Å². The molecule has 0 aromatic heterocycles. The molecule has 1 aliphatic carbocycles. The number of fused-ring (bicyclic) bond motifs is 4. The van der Waals surface area contributed by atoms with E-state index < -0.39 is 33.6 Å². The molecular formula is C8H8O5S. The summed E-state index contributed by atoms with van der Waals surface area (Å²) in [7, 11) is -3.03. The number of esters is 2. The van der Waals surface area contributed by atoms with Gasteiger partial charge in [0.1, 0.15) is 0 Å². The highest BCUT2D eigenvalue weighted by atomic mass is 32.2. The molecule has 0 aromatic rings. The molecule has 6 heteroatoms. The predicted octanol–water partition coefficient (Wildman–Crippen LogP) is -1.02. The van der Waals surface area contributed by atoms with E-state index in [1.54, 1.807) is 0 Å². The smallest absolute Gasteiger partial charge is 0.317 e. The highest BCUT2D eigenvalue weighted by Crippen LogP contribution is 2.55. The summed E-state index contributed by atoms with van der Waals surface area (Å²) < 4.78 is 27.0. The molecule has 0 aromatic carbocycles. The summed E-state index contributed by atoms with van der Waals surface area (Å²) >= 11 is 0. The molecule has 1 unspecified atom stereocenters. The Morgan fingerprint density at radius 3 is 1.86 bits per heavy atom. The first kappa shape index (κ1) is 8.40. The van der Waals surface area contributed by atoms with E-state index in [0.29, 0.717) is 0 Å². The quantitative estimate of drug-likeness (QED) is 0.382. The second-order valence-electron chi connectivity index (χ2n) is 4.20. The van der Waals surface area contributed by atoms with Crippen LogP contribution in [0.25, 0.3) is 0 Å². The number of sulfone groups is 1. The molecule has 4 atom stereocenters. The maximum absolute atomic E-state index is 11.3. The van der Waals surface area contributed by atoms with Crippen LogP contribution in [-0.4, -0.2) is 31.9 Å². The largest absolute Gasteiger partial charge is 0.393 e. The third kappa shape index (κ3) is 0.821. The first-order chi connectivity index (χ1) is 6.49. The maximum Gasteiger partial charge on any atom is 0.317 e. The fourth-order valence-electron chi connectivity index (χ4n) is 2.91. The molecule has 0 spiro atoms. The number of carbonyl (C=O) groups excluding carboxylic acids is 2. The van der Waals surface area contributed by atoms with E-state index in [-0.39, 0.29) is 23.3 Å². The molecular weight excluding hydrogens is 208 g/mol. The van der Waals surface area contributed by atoms with Crippen molar-refractivity contribution in [1.82, 2.24) is 0 Å². The molecule has 2 saturated heterocycles. The Morgan fingerprint density at radius 2 is 1.43 bits per heavy atom. The molecule has 1 saturated carbocycles. The third-order valence-electron chi connectivity index (χ3n) is 3.50. The van der Waals surface area contributed by atoms with Gasteiger partial charge in [-0.05, 0) is 11.8 Å². The van der Waals surface area contributed by atoms with Crippen LogP contribution in [0.1, 0.15) is 0 Å². The number of hydrogen-bond acceptors (Lipinski definition) is 5. The van der Waals surface area contributed by atoms with Crippen LogP contribution in [0.4, 0.5) is 0 Å². The second kappa shape index (κ2) is 2.18. The van der Waals surface area contributed by atoms with Crippen molar-refractivity contribution in [2.24, 2.45) is 23.7 Å². The van der Waals surface area contributed by atoms with Gasteiger partial charge in [0.05, 0.1) is 23.3 Å². The molecule has 5 nitrogen and oxygen atoms in total. The van der Waals surface area contributed by atoms with Crippen LogP contribution in [0.3, 0.4) is 0 Å². The maximum atomic E-state index is 11.3. The zero-order valence-electron chi connectivity index (χ0n) is 7.17. The average Bonchev–Trinajstić information content (AvgIpc) is 2.42. The van der Waals surface area contributed by atoms with E-state index in [4.69, 9.17) is 0 Å². The van der Waals surface area contributed by atoms with E-state index in [2.05, 4.69) is 4.74 Å². The van der Waals surface area contributed by atoms with Gasteiger partial charge in [0, 0.05) is 0 Å². The Kier molecular flexibility index (Phi) is 1.31. The zero-order chi connectivity index (χ0) is 10.1. The molecule has 76 valence electrons. The van der Waals surface area contributed by atoms with Crippen LogP contribution < -0.4 is 0 Å². The van der Waals surface area contributed by atoms with Gasteiger partial charge >= 0.3 is 11.9 Å². The molecule has 0 bridgehead atoms. The minimum atomic E-state index is -3.03. The van der Waals surface area contributed by atoms with Gasteiger partial charge in [-0.25, -0.2) is 8.42 Å². The Balaban J connectivity index is 1.98. The molecule has 2 aliphatic heterocycles. The summed E-state index contributed by atoms with van der Waals surface area (Å²) in [6.07, 6.45) is 0. The molecule has 3 rings (SSSR count). The van der Waals surface area contributed by atoms with Crippen LogP contribution in [-0.2, 0) is 24.2 Å². The SMILES string of the molecule is O=C1OC(=O)[C@H]2C1[C@@H]1CS(=O)(=O)C[C@@H]12. The van der Waals surface area contributed by atoms with Crippen molar-refractivity contribution in [3.8, 4) is 0 Å². The Morgan fingerprint density at radius 1 is 1.00 bits per heavy atom. The van der Waals surface area contributed by atoms with E-state index in [0.717, 1.165) is 0 Å². The summed E-state index contributed by atoms with van der Waals surface area (Å²) in [6, 6.07) is 0. The van der Waals surface area contributed by atoms with Gasteiger partial charge in [0.15, 0.2) is 9.84 Å². The predicted molar refractivity (Wildman–Crippen MR) is 43.7 cm³/mol. The minimum Gasteiger partial charge on any atom is -0.393 e. The topological polar surface area (TPSA) is 77.5 Å². The van der Waals surface area contributed by atoms with Crippen LogP contribution in [0, 0.1) is 23.7 Å². The van der Waals surface area contributed by atoms with Crippen molar-refractivity contribution in [1.29, 1.82) is 0 Å². The van der Waals surface area contributed by atoms with Gasteiger partial charge < -0.3 is 4.74 Å². The van der Waals surface area contributed by atoms with Crippen molar-refractivity contribution in [3.05, 3.63) is 0 Å². The standard InChI is InChI=1S/C8H8O5S/c9-7-5-3-1-14(11,12)2-4(3)6(5)8(10)13-7/h3-6H,1-2H2/t3-,4+,5+,6?/m0/s1. The lowest BCUT2D eigenvalue weighted by Crippen LogP contribution is -2.47. The minimum absolute atomic E-state index is 0.0429. The molecule has 3 fully saturated rings. The molecule has 0 amide bonds. The lowest BCUT2D eigenvalue weighted by Gasteiger charge is -2.38. The van der Waals surface area contributed by atoms with Gasteiger partial charge in [0.25, 0.3) is 0 Å². The summed E-state index contributed by atoms with van der Waals surface area (Å²) in [4.78, 5) is 22.3. The van der Waals surface area contributed by atoms with Gasteiger partial charge in [-0.2, -0.15) is 0 Å². The second-order valence-corrected chi connectivity index (χ2v) is 6.35. The van der Waals surface area contributed by atoms with Crippen LogP contribution >= 0.6 is 0 Å².